The minimum absolute atomic E-state index is 0. The Morgan fingerprint density at radius 1 is 1.36 bits per heavy atom. The van der Waals surface area contributed by atoms with Gasteiger partial charge in [-0.3, -0.25) is 4.79 Å². The first kappa shape index (κ1) is 21.3. The van der Waals surface area contributed by atoms with E-state index in [0.717, 1.165) is 32.5 Å². The van der Waals surface area contributed by atoms with Crippen LogP contribution in [0.15, 0.2) is 18.2 Å². The number of hydrogen-bond donors (Lipinski definition) is 2. The van der Waals surface area contributed by atoms with Gasteiger partial charge < -0.3 is 16.0 Å². The SMILES string of the molecule is CCCN1CCC(NC(=O)c2ccc(N)cc2Cl)CC1.Cl.Cl. The molecule has 126 valence electrons. The second-order valence-corrected chi connectivity index (χ2v) is 5.74. The van der Waals surface area contributed by atoms with E-state index >= 15 is 0 Å². The molecule has 0 bridgehead atoms. The van der Waals surface area contributed by atoms with Crippen LogP contribution in [0.3, 0.4) is 0 Å². The van der Waals surface area contributed by atoms with Crippen molar-refractivity contribution in [3.8, 4) is 0 Å². The number of carbonyl (C=O) groups excluding carboxylic acids is 1. The molecule has 1 aromatic carbocycles. The largest absolute Gasteiger partial charge is 0.399 e. The van der Waals surface area contributed by atoms with Crippen LogP contribution in [-0.2, 0) is 0 Å². The molecule has 0 aliphatic carbocycles. The Morgan fingerprint density at radius 2 is 2.00 bits per heavy atom. The zero-order chi connectivity index (χ0) is 14.5. The third-order valence-corrected chi connectivity index (χ3v) is 4.01. The zero-order valence-electron chi connectivity index (χ0n) is 12.7. The van der Waals surface area contributed by atoms with Crippen molar-refractivity contribution in [1.82, 2.24) is 10.2 Å². The van der Waals surface area contributed by atoms with E-state index in [2.05, 4.69) is 17.1 Å². The highest BCUT2D eigenvalue weighted by Crippen LogP contribution is 2.20. The number of halogens is 3. The number of rotatable bonds is 4. The average Bonchev–Trinajstić information content (AvgIpc) is 2.41. The van der Waals surface area contributed by atoms with Gasteiger partial charge in [-0.2, -0.15) is 0 Å². The lowest BCUT2D eigenvalue weighted by molar-refractivity contribution is 0.0911. The second-order valence-electron chi connectivity index (χ2n) is 5.33. The molecule has 0 atom stereocenters. The van der Waals surface area contributed by atoms with Crippen molar-refractivity contribution >= 4 is 48.0 Å². The van der Waals surface area contributed by atoms with Crippen molar-refractivity contribution in [3.63, 3.8) is 0 Å². The molecule has 0 spiro atoms. The molecule has 1 amide bonds. The van der Waals surface area contributed by atoms with Crippen LogP contribution in [0.4, 0.5) is 5.69 Å². The van der Waals surface area contributed by atoms with Crippen molar-refractivity contribution in [2.24, 2.45) is 0 Å². The first-order chi connectivity index (χ1) is 9.60. The Morgan fingerprint density at radius 3 is 2.55 bits per heavy atom. The summed E-state index contributed by atoms with van der Waals surface area (Å²) in [6.07, 6.45) is 3.18. The summed E-state index contributed by atoms with van der Waals surface area (Å²) in [6.45, 7) is 5.43. The number of nitrogens with zero attached hydrogens (tertiary/aromatic N) is 1. The van der Waals surface area contributed by atoms with Gasteiger partial charge in [0.15, 0.2) is 0 Å². The molecule has 1 saturated heterocycles. The van der Waals surface area contributed by atoms with E-state index in [-0.39, 0.29) is 36.8 Å². The highest BCUT2D eigenvalue weighted by Gasteiger charge is 2.21. The van der Waals surface area contributed by atoms with E-state index in [9.17, 15) is 4.79 Å². The highest BCUT2D eigenvalue weighted by atomic mass is 35.5. The summed E-state index contributed by atoms with van der Waals surface area (Å²) in [7, 11) is 0. The summed E-state index contributed by atoms with van der Waals surface area (Å²) in [5, 5.41) is 3.48. The van der Waals surface area contributed by atoms with Gasteiger partial charge >= 0.3 is 0 Å². The highest BCUT2D eigenvalue weighted by molar-refractivity contribution is 6.34. The van der Waals surface area contributed by atoms with Gasteiger partial charge in [0.05, 0.1) is 10.6 Å². The number of nitrogens with one attached hydrogen (secondary N) is 1. The maximum absolute atomic E-state index is 12.2. The summed E-state index contributed by atoms with van der Waals surface area (Å²) < 4.78 is 0. The Balaban J connectivity index is 0.00000220. The van der Waals surface area contributed by atoms with Crippen molar-refractivity contribution in [3.05, 3.63) is 28.8 Å². The van der Waals surface area contributed by atoms with Gasteiger partial charge in [-0.25, -0.2) is 0 Å². The Labute approximate surface area is 149 Å². The van der Waals surface area contributed by atoms with Crippen molar-refractivity contribution in [2.45, 2.75) is 32.2 Å². The predicted molar refractivity (Wildman–Crippen MR) is 97.6 cm³/mol. The fourth-order valence-electron chi connectivity index (χ4n) is 2.60. The lowest BCUT2D eigenvalue weighted by Gasteiger charge is -2.32. The molecule has 1 aromatic rings. The molecule has 3 N–H and O–H groups in total. The number of likely N-dealkylation sites (tertiary alicyclic amines) is 1. The van der Waals surface area contributed by atoms with Crippen molar-refractivity contribution in [1.29, 1.82) is 0 Å². The normalized spacial score (nSPS) is 15.5. The third kappa shape index (κ3) is 5.84. The van der Waals surface area contributed by atoms with Crippen LogP contribution in [0.25, 0.3) is 0 Å². The molecule has 1 heterocycles. The third-order valence-electron chi connectivity index (χ3n) is 3.70. The number of piperidine rings is 1. The van der Waals surface area contributed by atoms with Gasteiger partial charge in [0, 0.05) is 24.8 Å². The van der Waals surface area contributed by atoms with E-state index in [1.807, 2.05) is 0 Å². The van der Waals surface area contributed by atoms with Gasteiger partial charge in [-0.15, -0.1) is 24.8 Å². The van der Waals surface area contributed by atoms with Gasteiger partial charge in [-0.05, 0) is 44.0 Å². The van der Waals surface area contributed by atoms with E-state index in [1.165, 1.54) is 6.42 Å². The monoisotopic (exact) mass is 367 g/mol. The molecule has 4 nitrogen and oxygen atoms in total. The minimum Gasteiger partial charge on any atom is -0.399 e. The Kier molecular flexibility index (Phi) is 9.85. The Bertz CT molecular complexity index is 477. The lowest BCUT2D eigenvalue weighted by Crippen LogP contribution is -2.44. The van der Waals surface area contributed by atoms with Gasteiger partial charge in [0.2, 0.25) is 0 Å². The van der Waals surface area contributed by atoms with Gasteiger partial charge in [0.1, 0.15) is 0 Å². The molecular formula is C15H24Cl3N3O. The number of anilines is 1. The molecule has 0 aromatic heterocycles. The number of benzene rings is 1. The van der Waals surface area contributed by atoms with Gasteiger partial charge in [-0.1, -0.05) is 18.5 Å². The van der Waals surface area contributed by atoms with Crippen LogP contribution in [0, 0.1) is 0 Å². The molecule has 7 heteroatoms. The number of nitrogens with two attached hydrogens (primary N) is 1. The molecule has 1 aliphatic rings. The summed E-state index contributed by atoms with van der Waals surface area (Å²) in [6, 6.07) is 5.23. The molecule has 0 radical (unpaired) electrons. The van der Waals surface area contributed by atoms with Gasteiger partial charge in [0.25, 0.3) is 5.91 Å². The summed E-state index contributed by atoms with van der Waals surface area (Å²) >= 11 is 6.06. The number of nitrogen functional groups attached to an aromatic ring is 1. The minimum atomic E-state index is -0.107. The molecule has 22 heavy (non-hydrogen) atoms. The van der Waals surface area contributed by atoms with E-state index < -0.39 is 0 Å². The molecule has 1 aliphatic heterocycles. The molecule has 2 rings (SSSR count). The summed E-state index contributed by atoms with van der Waals surface area (Å²) in [4.78, 5) is 14.6. The summed E-state index contributed by atoms with van der Waals surface area (Å²) in [5.41, 5.74) is 6.70. The fraction of sp³-hybridized carbons (Fsp3) is 0.533. The number of hydrogen-bond acceptors (Lipinski definition) is 3. The average molecular weight is 369 g/mol. The molecular weight excluding hydrogens is 345 g/mol. The van der Waals surface area contributed by atoms with Crippen LogP contribution in [0.5, 0.6) is 0 Å². The first-order valence-electron chi connectivity index (χ1n) is 7.18. The first-order valence-corrected chi connectivity index (χ1v) is 7.56. The second kappa shape index (κ2) is 10.2. The predicted octanol–water partition coefficient (Wildman–Crippen LogP) is 3.37. The smallest absolute Gasteiger partial charge is 0.253 e. The van der Waals surface area contributed by atoms with Crippen LogP contribution in [0.1, 0.15) is 36.5 Å². The van der Waals surface area contributed by atoms with E-state index in [1.54, 1.807) is 18.2 Å². The Hall–Kier alpha value is -0.680. The summed E-state index contributed by atoms with van der Waals surface area (Å²) in [5.74, 6) is -0.107. The maximum atomic E-state index is 12.2. The number of carbonyl (C=O) groups is 1. The van der Waals surface area contributed by atoms with Crippen molar-refractivity contribution < 1.29 is 4.79 Å². The van der Waals surface area contributed by atoms with Crippen LogP contribution in [0.2, 0.25) is 5.02 Å². The standard InChI is InChI=1S/C15H22ClN3O.2ClH/c1-2-7-19-8-5-12(6-9-19)18-15(20)13-4-3-11(17)10-14(13)16;;/h3-4,10,12H,2,5-9,17H2,1H3,(H,18,20);2*1H. The topological polar surface area (TPSA) is 58.4 Å². The maximum Gasteiger partial charge on any atom is 0.253 e. The fourth-order valence-corrected chi connectivity index (χ4v) is 2.87. The van der Waals surface area contributed by atoms with Crippen LogP contribution in [-0.4, -0.2) is 36.5 Å². The number of amides is 1. The molecule has 1 fully saturated rings. The zero-order valence-corrected chi connectivity index (χ0v) is 15.1. The van der Waals surface area contributed by atoms with E-state index in [0.29, 0.717) is 16.3 Å². The van der Waals surface area contributed by atoms with Crippen molar-refractivity contribution in [2.75, 3.05) is 25.4 Å². The van der Waals surface area contributed by atoms with Crippen LogP contribution >= 0.6 is 36.4 Å². The molecule has 0 saturated carbocycles. The van der Waals surface area contributed by atoms with E-state index in [4.69, 9.17) is 17.3 Å². The molecule has 0 unspecified atom stereocenters. The van der Waals surface area contributed by atoms with Crippen LogP contribution < -0.4 is 11.1 Å². The quantitative estimate of drug-likeness (QED) is 0.801. The lowest BCUT2D eigenvalue weighted by atomic mass is 10.0.